The topological polar surface area (TPSA) is 89.8 Å². The van der Waals surface area contributed by atoms with Gasteiger partial charge in [-0.05, 0) is 36.4 Å². The molecular formula is C19H15N5O. The number of amides is 2. The Morgan fingerprint density at radius 3 is 2.32 bits per heavy atom. The smallest absolute Gasteiger partial charge is 0.323 e. The molecule has 122 valence electrons. The Morgan fingerprint density at radius 1 is 0.880 bits per heavy atom. The minimum absolute atomic E-state index is 0.344. The van der Waals surface area contributed by atoms with Gasteiger partial charge in [0.1, 0.15) is 11.9 Å². The lowest BCUT2D eigenvalue weighted by Crippen LogP contribution is -2.19. The molecule has 0 bridgehead atoms. The van der Waals surface area contributed by atoms with Crippen molar-refractivity contribution in [3.8, 4) is 6.07 Å². The van der Waals surface area contributed by atoms with Gasteiger partial charge in [0.2, 0.25) is 0 Å². The summed E-state index contributed by atoms with van der Waals surface area (Å²) < 4.78 is 0. The van der Waals surface area contributed by atoms with E-state index in [0.717, 1.165) is 0 Å². The van der Waals surface area contributed by atoms with Crippen LogP contribution in [0, 0.1) is 11.3 Å². The number of para-hydroxylation sites is 2. The van der Waals surface area contributed by atoms with E-state index in [1.54, 1.807) is 48.7 Å². The molecule has 0 spiro atoms. The summed E-state index contributed by atoms with van der Waals surface area (Å²) in [7, 11) is 0. The number of pyridine rings is 1. The molecule has 0 unspecified atom stereocenters. The van der Waals surface area contributed by atoms with Crippen molar-refractivity contribution in [2.75, 3.05) is 16.0 Å². The molecule has 0 saturated carbocycles. The van der Waals surface area contributed by atoms with Crippen molar-refractivity contribution >= 4 is 28.9 Å². The van der Waals surface area contributed by atoms with Crippen LogP contribution in [-0.2, 0) is 0 Å². The summed E-state index contributed by atoms with van der Waals surface area (Å²) in [4.78, 5) is 16.2. The number of anilines is 4. The molecule has 2 amide bonds. The molecule has 0 aliphatic rings. The fourth-order valence-corrected chi connectivity index (χ4v) is 2.18. The molecular weight excluding hydrogens is 314 g/mol. The fraction of sp³-hybridized carbons (Fsp3) is 0. The van der Waals surface area contributed by atoms with Crippen LogP contribution in [0.4, 0.5) is 27.7 Å². The highest BCUT2D eigenvalue weighted by molar-refractivity contribution is 5.99. The lowest BCUT2D eigenvalue weighted by molar-refractivity contribution is 0.262. The third-order valence-corrected chi connectivity index (χ3v) is 3.36. The van der Waals surface area contributed by atoms with E-state index < -0.39 is 0 Å². The van der Waals surface area contributed by atoms with Gasteiger partial charge in [-0.2, -0.15) is 5.26 Å². The maximum Gasteiger partial charge on any atom is 0.323 e. The average Bonchev–Trinajstić information content (AvgIpc) is 2.64. The standard InChI is InChI=1S/C19H15N5O/c20-12-14-6-4-5-9-17(14)24-18-11-10-16(13-21-18)23-19(25)22-15-7-2-1-3-8-15/h1-11,13H,(H,21,24)(H2,22,23,25). The molecule has 3 aromatic rings. The Hall–Kier alpha value is -3.85. The zero-order chi connectivity index (χ0) is 17.5. The van der Waals surface area contributed by atoms with Crippen LogP contribution in [0.3, 0.4) is 0 Å². The summed E-state index contributed by atoms with van der Waals surface area (Å²) >= 11 is 0. The van der Waals surface area contributed by atoms with Gasteiger partial charge in [0.25, 0.3) is 0 Å². The highest BCUT2D eigenvalue weighted by Crippen LogP contribution is 2.19. The predicted octanol–water partition coefficient (Wildman–Crippen LogP) is 4.34. The van der Waals surface area contributed by atoms with Gasteiger partial charge in [-0.1, -0.05) is 30.3 Å². The molecule has 1 aromatic heterocycles. The second-order valence-corrected chi connectivity index (χ2v) is 5.16. The summed E-state index contributed by atoms with van der Waals surface area (Å²) in [6, 6.07) is 21.6. The predicted molar refractivity (Wildman–Crippen MR) is 97.8 cm³/mol. The molecule has 6 heteroatoms. The van der Waals surface area contributed by atoms with Gasteiger partial charge in [-0.25, -0.2) is 9.78 Å². The van der Waals surface area contributed by atoms with Crippen LogP contribution in [0.2, 0.25) is 0 Å². The van der Waals surface area contributed by atoms with Crippen molar-refractivity contribution in [2.24, 2.45) is 0 Å². The van der Waals surface area contributed by atoms with Gasteiger partial charge in [0, 0.05) is 5.69 Å². The first-order valence-electron chi connectivity index (χ1n) is 7.60. The molecule has 0 aliphatic heterocycles. The molecule has 0 radical (unpaired) electrons. The zero-order valence-electron chi connectivity index (χ0n) is 13.2. The second kappa shape index (κ2) is 7.62. The van der Waals surface area contributed by atoms with Crippen molar-refractivity contribution in [1.29, 1.82) is 5.26 Å². The van der Waals surface area contributed by atoms with Crippen molar-refractivity contribution in [3.63, 3.8) is 0 Å². The summed E-state index contributed by atoms with van der Waals surface area (Å²) in [5.74, 6) is 0.580. The number of hydrogen-bond acceptors (Lipinski definition) is 4. The number of rotatable bonds is 4. The first kappa shape index (κ1) is 16.0. The minimum atomic E-state index is -0.344. The molecule has 6 nitrogen and oxygen atoms in total. The van der Waals surface area contributed by atoms with E-state index in [0.29, 0.717) is 28.4 Å². The lowest BCUT2D eigenvalue weighted by Gasteiger charge is -2.09. The number of hydrogen-bond donors (Lipinski definition) is 3. The monoisotopic (exact) mass is 329 g/mol. The molecule has 0 saturated heterocycles. The normalized spacial score (nSPS) is 9.72. The van der Waals surface area contributed by atoms with Crippen LogP contribution in [0.15, 0.2) is 72.9 Å². The average molecular weight is 329 g/mol. The maximum absolute atomic E-state index is 11.9. The van der Waals surface area contributed by atoms with Crippen molar-refractivity contribution < 1.29 is 4.79 Å². The first-order valence-corrected chi connectivity index (χ1v) is 7.60. The third-order valence-electron chi connectivity index (χ3n) is 3.36. The number of urea groups is 1. The number of carbonyl (C=O) groups is 1. The van der Waals surface area contributed by atoms with E-state index in [1.165, 1.54) is 0 Å². The molecule has 3 rings (SSSR count). The van der Waals surface area contributed by atoms with Crippen molar-refractivity contribution in [1.82, 2.24) is 4.98 Å². The van der Waals surface area contributed by atoms with Gasteiger partial charge >= 0.3 is 6.03 Å². The van der Waals surface area contributed by atoms with E-state index >= 15 is 0 Å². The Balaban J connectivity index is 1.62. The van der Waals surface area contributed by atoms with Crippen molar-refractivity contribution in [3.05, 3.63) is 78.5 Å². The Bertz CT molecular complexity index is 901. The Morgan fingerprint density at radius 2 is 1.60 bits per heavy atom. The number of nitriles is 1. The third kappa shape index (κ3) is 4.33. The quantitative estimate of drug-likeness (QED) is 0.664. The van der Waals surface area contributed by atoms with E-state index in [1.807, 2.05) is 24.3 Å². The Kier molecular flexibility index (Phi) is 4.88. The van der Waals surface area contributed by atoms with Crippen LogP contribution in [0.5, 0.6) is 0 Å². The molecule has 25 heavy (non-hydrogen) atoms. The summed E-state index contributed by atoms with van der Waals surface area (Å²) in [5.41, 5.74) is 2.49. The molecule has 0 aliphatic carbocycles. The van der Waals surface area contributed by atoms with Gasteiger partial charge < -0.3 is 16.0 Å². The van der Waals surface area contributed by atoms with Crippen LogP contribution in [0.25, 0.3) is 0 Å². The molecule has 3 N–H and O–H groups in total. The van der Waals surface area contributed by atoms with Crippen LogP contribution < -0.4 is 16.0 Å². The number of aromatic nitrogens is 1. The summed E-state index contributed by atoms with van der Waals surface area (Å²) in [6.07, 6.45) is 1.54. The highest BCUT2D eigenvalue weighted by atomic mass is 16.2. The van der Waals surface area contributed by atoms with E-state index in [9.17, 15) is 4.79 Å². The molecule has 0 fully saturated rings. The van der Waals surface area contributed by atoms with Crippen LogP contribution in [0.1, 0.15) is 5.56 Å². The molecule has 1 heterocycles. The van der Waals surface area contributed by atoms with Crippen LogP contribution >= 0.6 is 0 Å². The number of benzene rings is 2. The number of nitrogens with one attached hydrogen (secondary N) is 3. The molecule has 0 atom stereocenters. The number of carbonyl (C=O) groups excluding carboxylic acids is 1. The van der Waals surface area contributed by atoms with Gasteiger partial charge in [-0.15, -0.1) is 0 Å². The summed E-state index contributed by atoms with van der Waals surface area (Å²) in [5, 5.41) is 17.6. The van der Waals surface area contributed by atoms with Crippen LogP contribution in [-0.4, -0.2) is 11.0 Å². The Labute approximate surface area is 145 Å². The number of nitrogens with zero attached hydrogens (tertiary/aromatic N) is 2. The minimum Gasteiger partial charge on any atom is -0.339 e. The van der Waals surface area contributed by atoms with E-state index in [4.69, 9.17) is 5.26 Å². The largest absolute Gasteiger partial charge is 0.339 e. The van der Waals surface area contributed by atoms with Crippen molar-refractivity contribution in [2.45, 2.75) is 0 Å². The molecule has 2 aromatic carbocycles. The maximum atomic E-state index is 11.9. The van der Waals surface area contributed by atoms with Gasteiger partial charge in [0.05, 0.1) is 23.1 Å². The zero-order valence-corrected chi connectivity index (χ0v) is 13.2. The second-order valence-electron chi connectivity index (χ2n) is 5.16. The highest BCUT2D eigenvalue weighted by Gasteiger charge is 2.05. The SMILES string of the molecule is N#Cc1ccccc1Nc1ccc(NC(=O)Nc2ccccc2)cn1. The first-order chi connectivity index (χ1) is 12.2. The summed E-state index contributed by atoms with van der Waals surface area (Å²) in [6.45, 7) is 0. The van der Waals surface area contributed by atoms with Gasteiger partial charge in [-0.3, -0.25) is 0 Å². The van der Waals surface area contributed by atoms with E-state index in [-0.39, 0.29) is 6.03 Å². The van der Waals surface area contributed by atoms with Gasteiger partial charge in [0.15, 0.2) is 0 Å². The van der Waals surface area contributed by atoms with E-state index in [2.05, 4.69) is 27.0 Å². The lowest BCUT2D eigenvalue weighted by atomic mass is 10.2. The fourth-order valence-electron chi connectivity index (χ4n) is 2.18.